The highest BCUT2D eigenvalue weighted by atomic mass is 16.4. The predicted octanol–water partition coefficient (Wildman–Crippen LogP) is 7.76. The molecule has 2 aromatic heterocycles. The number of nitrogens with zero attached hydrogens (tertiary/aromatic N) is 7. The maximum Gasteiger partial charge on any atom is 0.354 e. The summed E-state index contributed by atoms with van der Waals surface area (Å²) in [7, 11) is 3.62. The lowest BCUT2D eigenvalue weighted by Gasteiger charge is -2.31. The minimum absolute atomic E-state index is 0.102. The molecular formula is C43H51N7O3. The number of hydrogen-bond acceptors (Lipinski definition) is 6. The van der Waals surface area contributed by atoms with Crippen molar-refractivity contribution in [1.82, 2.24) is 24.5 Å². The van der Waals surface area contributed by atoms with Crippen molar-refractivity contribution in [3.63, 3.8) is 0 Å². The molecule has 0 aliphatic carbocycles. The summed E-state index contributed by atoms with van der Waals surface area (Å²) in [6, 6.07) is 17.2. The highest BCUT2D eigenvalue weighted by molar-refractivity contribution is 5.96. The largest absolute Gasteiger partial charge is 0.477 e. The molecule has 53 heavy (non-hydrogen) atoms. The van der Waals surface area contributed by atoms with Crippen LogP contribution in [0.15, 0.2) is 48.5 Å². The molecule has 10 nitrogen and oxygen atoms in total. The van der Waals surface area contributed by atoms with E-state index < -0.39 is 5.97 Å². The van der Waals surface area contributed by atoms with E-state index in [-0.39, 0.29) is 5.91 Å². The van der Waals surface area contributed by atoms with Gasteiger partial charge in [0, 0.05) is 62.8 Å². The first-order valence-corrected chi connectivity index (χ1v) is 18.8. The number of carboxylic acids is 1. The maximum absolute atomic E-state index is 13.6. The number of rotatable bonds is 4. The summed E-state index contributed by atoms with van der Waals surface area (Å²) in [6.07, 6.45) is 4.54. The smallest absolute Gasteiger partial charge is 0.354 e. The van der Waals surface area contributed by atoms with E-state index in [4.69, 9.17) is 5.10 Å². The standard InChI is InChI=1S/C26H30N4O.C17H21N3O2/c1-17-14-18(2)23(19(3)15-17)30-12-7-10-22-24(28(4)27-25(22)30)26(31)29-13-11-20-8-5-6-9-21(20)16-29;1-10-8-11(2)14(12(3)9-10)20-7-5-6-13-15(17(21)22)19(4)18-16(13)20/h5-6,8-9,14-15H,7,10-13,16H2,1-4H3;8-9H,5-7H2,1-4H3,(H,21,22). The van der Waals surface area contributed by atoms with Crippen LogP contribution in [0, 0.1) is 41.5 Å². The van der Waals surface area contributed by atoms with Crippen molar-refractivity contribution in [2.45, 2.75) is 80.2 Å². The van der Waals surface area contributed by atoms with Gasteiger partial charge in [-0.2, -0.15) is 10.2 Å². The number of benzene rings is 3. The average Bonchev–Trinajstić information content (AvgIpc) is 3.63. The van der Waals surface area contributed by atoms with Gasteiger partial charge in [-0.25, -0.2) is 4.79 Å². The first-order valence-electron chi connectivity index (χ1n) is 18.8. The molecule has 5 aromatic rings. The third-order valence-electron chi connectivity index (χ3n) is 11.0. The number of fused-ring (bicyclic) bond motifs is 3. The summed E-state index contributed by atoms with van der Waals surface area (Å²) in [5.74, 6) is 0.936. The molecule has 3 aliphatic rings. The number of aryl methyl sites for hydroxylation is 8. The van der Waals surface area contributed by atoms with Gasteiger partial charge in [0.25, 0.3) is 5.91 Å². The van der Waals surface area contributed by atoms with E-state index in [9.17, 15) is 14.7 Å². The number of carboxylic acid groups (broad SMARTS) is 1. The van der Waals surface area contributed by atoms with Crippen molar-refractivity contribution >= 4 is 34.9 Å². The Morgan fingerprint density at radius 3 is 1.57 bits per heavy atom. The van der Waals surface area contributed by atoms with Gasteiger partial charge >= 0.3 is 5.97 Å². The second kappa shape index (κ2) is 14.2. The lowest BCUT2D eigenvalue weighted by Crippen LogP contribution is -2.37. The third-order valence-corrected chi connectivity index (χ3v) is 11.0. The molecule has 10 heteroatoms. The topological polar surface area (TPSA) is 99.7 Å². The van der Waals surface area contributed by atoms with E-state index in [0.717, 1.165) is 85.9 Å². The van der Waals surface area contributed by atoms with Gasteiger partial charge in [0.1, 0.15) is 5.69 Å². The highest BCUT2D eigenvalue weighted by Crippen LogP contribution is 2.40. The van der Waals surface area contributed by atoms with Crippen molar-refractivity contribution in [2.75, 3.05) is 29.4 Å². The van der Waals surface area contributed by atoms with Crippen molar-refractivity contribution in [2.24, 2.45) is 14.1 Å². The van der Waals surface area contributed by atoms with Crippen LogP contribution in [0.2, 0.25) is 0 Å². The molecule has 0 spiro atoms. The van der Waals surface area contributed by atoms with Crippen molar-refractivity contribution in [1.29, 1.82) is 0 Å². The molecule has 5 heterocycles. The lowest BCUT2D eigenvalue weighted by molar-refractivity contribution is 0.0681. The zero-order chi connectivity index (χ0) is 37.7. The van der Waals surface area contributed by atoms with Gasteiger partial charge in [0.05, 0.1) is 0 Å². The third kappa shape index (κ3) is 6.60. The molecule has 0 radical (unpaired) electrons. The highest BCUT2D eigenvalue weighted by Gasteiger charge is 2.33. The minimum atomic E-state index is -0.907. The Hall–Kier alpha value is -5.38. The Bertz CT molecular complexity index is 2200. The van der Waals surface area contributed by atoms with Crippen LogP contribution in [0.4, 0.5) is 23.0 Å². The summed E-state index contributed by atoms with van der Waals surface area (Å²) < 4.78 is 3.30. The Kier molecular flexibility index (Phi) is 9.65. The van der Waals surface area contributed by atoms with Gasteiger partial charge in [-0.15, -0.1) is 0 Å². The van der Waals surface area contributed by atoms with Gasteiger partial charge in [0.2, 0.25) is 0 Å². The normalized spacial score (nSPS) is 15.0. The molecule has 276 valence electrons. The van der Waals surface area contributed by atoms with Gasteiger partial charge in [0.15, 0.2) is 17.3 Å². The summed E-state index contributed by atoms with van der Waals surface area (Å²) in [5, 5.41) is 18.8. The zero-order valence-corrected chi connectivity index (χ0v) is 32.4. The number of aromatic nitrogens is 4. The van der Waals surface area contributed by atoms with Crippen molar-refractivity contribution < 1.29 is 14.7 Å². The van der Waals surface area contributed by atoms with Crippen molar-refractivity contribution in [3.05, 3.63) is 116 Å². The SMILES string of the molecule is Cc1cc(C)c(N2CCCc3c2nn(C)c3C(=O)N2CCc3ccccc3C2)c(C)c1.Cc1cc(C)c(N2CCCc3c2nn(C)c3C(=O)O)c(C)c1. The predicted molar refractivity (Wildman–Crippen MR) is 210 cm³/mol. The molecule has 0 atom stereocenters. The minimum Gasteiger partial charge on any atom is -0.477 e. The maximum atomic E-state index is 13.6. The molecule has 8 rings (SSSR count). The van der Waals surface area contributed by atoms with Gasteiger partial charge in [-0.3, -0.25) is 14.2 Å². The molecule has 1 amide bonds. The van der Waals surface area contributed by atoms with Crippen LogP contribution in [-0.2, 0) is 39.9 Å². The number of carbonyl (C=O) groups excluding carboxylic acids is 1. The van der Waals surface area contributed by atoms with Gasteiger partial charge in [-0.05, 0) is 107 Å². The lowest BCUT2D eigenvalue weighted by atomic mass is 9.97. The van der Waals surface area contributed by atoms with Crippen LogP contribution in [0.3, 0.4) is 0 Å². The molecule has 0 fully saturated rings. The quantitative estimate of drug-likeness (QED) is 0.203. The van der Waals surface area contributed by atoms with Gasteiger partial charge < -0.3 is 19.8 Å². The van der Waals surface area contributed by atoms with E-state index in [0.29, 0.717) is 12.2 Å². The van der Waals surface area contributed by atoms with Crippen LogP contribution in [0.1, 0.15) is 89.5 Å². The summed E-state index contributed by atoms with van der Waals surface area (Å²) in [5.41, 5.74) is 15.4. The molecule has 0 bridgehead atoms. The van der Waals surface area contributed by atoms with E-state index in [2.05, 4.69) is 105 Å². The molecule has 3 aliphatic heterocycles. The van der Waals surface area contributed by atoms with Crippen LogP contribution in [0.5, 0.6) is 0 Å². The fourth-order valence-electron chi connectivity index (χ4n) is 9.03. The van der Waals surface area contributed by atoms with E-state index in [1.165, 1.54) is 54.9 Å². The van der Waals surface area contributed by atoms with Crippen LogP contribution in [-0.4, -0.2) is 61.1 Å². The molecular weight excluding hydrogens is 663 g/mol. The number of anilines is 4. The van der Waals surface area contributed by atoms with E-state index >= 15 is 0 Å². The number of carbonyl (C=O) groups is 2. The fraction of sp³-hybridized carbons (Fsp3) is 0.395. The van der Waals surface area contributed by atoms with E-state index in [1.807, 2.05) is 16.6 Å². The first-order chi connectivity index (χ1) is 25.3. The number of aromatic carboxylic acids is 1. The Morgan fingerprint density at radius 1 is 0.623 bits per heavy atom. The Morgan fingerprint density at radius 2 is 1.08 bits per heavy atom. The summed E-state index contributed by atoms with van der Waals surface area (Å²) in [4.78, 5) is 31.6. The number of amides is 1. The number of hydrogen-bond donors (Lipinski definition) is 1. The second-order valence-corrected chi connectivity index (χ2v) is 15.1. The van der Waals surface area contributed by atoms with Crippen LogP contribution >= 0.6 is 0 Å². The Labute approximate surface area is 312 Å². The first kappa shape index (κ1) is 36.0. The average molecular weight is 714 g/mol. The molecule has 0 unspecified atom stereocenters. The van der Waals surface area contributed by atoms with E-state index in [1.54, 1.807) is 7.05 Å². The molecule has 0 saturated carbocycles. The fourth-order valence-corrected chi connectivity index (χ4v) is 9.03. The monoisotopic (exact) mass is 713 g/mol. The molecule has 0 saturated heterocycles. The zero-order valence-electron chi connectivity index (χ0n) is 32.4. The van der Waals surface area contributed by atoms with Gasteiger partial charge in [-0.1, -0.05) is 59.7 Å². The Balaban J connectivity index is 0.000000174. The molecule has 3 aromatic carbocycles. The molecule has 1 N–H and O–H groups in total. The van der Waals surface area contributed by atoms with Crippen molar-refractivity contribution in [3.8, 4) is 0 Å². The van der Waals surface area contributed by atoms with Crippen LogP contribution < -0.4 is 9.80 Å². The second-order valence-electron chi connectivity index (χ2n) is 15.1. The van der Waals surface area contributed by atoms with Crippen LogP contribution in [0.25, 0.3) is 0 Å². The summed E-state index contributed by atoms with van der Waals surface area (Å²) >= 11 is 0. The summed E-state index contributed by atoms with van der Waals surface area (Å²) in [6.45, 7) is 16.0.